The Morgan fingerprint density at radius 2 is 1.74 bits per heavy atom. The van der Waals surface area contributed by atoms with Gasteiger partial charge in [-0.2, -0.15) is 0 Å². The van der Waals surface area contributed by atoms with Crippen LogP contribution in [0.25, 0.3) is 32.7 Å². The lowest BCUT2D eigenvalue weighted by molar-refractivity contribution is 0.669. The summed E-state index contributed by atoms with van der Waals surface area (Å²) >= 11 is 9.73. The van der Waals surface area contributed by atoms with Crippen molar-refractivity contribution >= 4 is 60.2 Å². The minimum atomic E-state index is 0.728. The van der Waals surface area contributed by atoms with Gasteiger partial charge in [-0.25, -0.2) is 0 Å². The first-order chi connectivity index (χ1) is 9.24. The maximum atomic E-state index is 6.11. The van der Waals surface area contributed by atoms with Crippen molar-refractivity contribution in [3.8, 4) is 0 Å². The van der Waals surface area contributed by atoms with Crippen LogP contribution in [0.5, 0.6) is 0 Å². The minimum Gasteiger partial charge on any atom is -0.456 e. The second kappa shape index (κ2) is 3.99. The van der Waals surface area contributed by atoms with Crippen LogP contribution < -0.4 is 0 Å². The molecule has 0 aliphatic heterocycles. The van der Waals surface area contributed by atoms with Gasteiger partial charge in [0.15, 0.2) is 0 Å². The highest BCUT2D eigenvalue weighted by Gasteiger charge is 2.12. The molecule has 0 unspecified atom stereocenters. The van der Waals surface area contributed by atoms with Crippen molar-refractivity contribution in [2.45, 2.75) is 0 Å². The van der Waals surface area contributed by atoms with E-state index < -0.39 is 0 Å². The molecular weight excluding hydrogens is 324 g/mol. The Morgan fingerprint density at radius 3 is 2.63 bits per heavy atom. The molecule has 19 heavy (non-hydrogen) atoms. The molecule has 0 amide bonds. The average molecular weight is 332 g/mol. The van der Waals surface area contributed by atoms with Gasteiger partial charge in [-0.1, -0.05) is 51.8 Å². The third-order valence-electron chi connectivity index (χ3n) is 3.37. The molecule has 0 spiro atoms. The molecule has 0 radical (unpaired) electrons. The summed E-state index contributed by atoms with van der Waals surface area (Å²) < 4.78 is 6.88. The molecule has 1 nitrogen and oxygen atoms in total. The Labute approximate surface area is 122 Å². The van der Waals surface area contributed by atoms with Crippen LogP contribution in [-0.4, -0.2) is 0 Å². The number of hydrogen-bond acceptors (Lipinski definition) is 1. The van der Waals surface area contributed by atoms with E-state index in [1.54, 1.807) is 0 Å². The van der Waals surface area contributed by atoms with Crippen LogP contribution in [0.4, 0.5) is 0 Å². The number of fused-ring (bicyclic) bond motifs is 5. The van der Waals surface area contributed by atoms with E-state index in [-0.39, 0.29) is 0 Å². The van der Waals surface area contributed by atoms with Crippen molar-refractivity contribution in [2.24, 2.45) is 0 Å². The minimum absolute atomic E-state index is 0.728. The molecule has 0 bridgehead atoms. The SMILES string of the molecule is Clc1cc(Br)c2c(ccc3oc4ccccc4c32)c1. The molecule has 0 atom stereocenters. The lowest BCUT2D eigenvalue weighted by atomic mass is 10.0. The molecule has 0 N–H and O–H groups in total. The van der Waals surface area contributed by atoms with Crippen LogP contribution >= 0.6 is 27.5 Å². The number of para-hydroxylation sites is 1. The maximum absolute atomic E-state index is 6.11. The summed E-state index contributed by atoms with van der Waals surface area (Å²) in [4.78, 5) is 0. The number of halogens is 2. The van der Waals surface area contributed by atoms with Crippen LogP contribution in [0, 0.1) is 0 Å². The standard InChI is InChI=1S/C16H8BrClO/c17-12-8-10(18)7-9-5-6-14-16(15(9)12)11-3-1-2-4-13(11)19-14/h1-8H. The molecule has 0 saturated heterocycles. The lowest BCUT2D eigenvalue weighted by Gasteiger charge is -2.03. The van der Waals surface area contributed by atoms with Gasteiger partial charge in [-0.15, -0.1) is 0 Å². The van der Waals surface area contributed by atoms with Gasteiger partial charge in [-0.3, -0.25) is 0 Å². The van der Waals surface area contributed by atoms with Gasteiger partial charge < -0.3 is 4.42 Å². The highest BCUT2D eigenvalue weighted by Crippen LogP contribution is 2.39. The molecule has 3 aromatic carbocycles. The number of rotatable bonds is 0. The highest BCUT2D eigenvalue weighted by atomic mass is 79.9. The van der Waals surface area contributed by atoms with E-state index in [9.17, 15) is 0 Å². The maximum Gasteiger partial charge on any atom is 0.136 e. The van der Waals surface area contributed by atoms with Gasteiger partial charge in [0.1, 0.15) is 11.2 Å². The summed E-state index contributed by atoms with van der Waals surface area (Å²) in [6, 6.07) is 16.0. The topological polar surface area (TPSA) is 13.1 Å². The molecule has 0 aliphatic carbocycles. The molecule has 92 valence electrons. The smallest absolute Gasteiger partial charge is 0.136 e. The Balaban J connectivity index is 2.36. The third kappa shape index (κ3) is 1.60. The van der Waals surface area contributed by atoms with E-state index in [0.717, 1.165) is 42.2 Å². The van der Waals surface area contributed by atoms with Gasteiger partial charge in [0, 0.05) is 25.7 Å². The summed E-state index contributed by atoms with van der Waals surface area (Å²) in [5.74, 6) is 0. The first-order valence-corrected chi connectivity index (χ1v) is 7.10. The molecule has 1 heterocycles. The first kappa shape index (κ1) is 11.3. The fraction of sp³-hybridized carbons (Fsp3) is 0. The summed E-state index contributed by atoms with van der Waals surface area (Å²) in [5.41, 5.74) is 1.81. The Hall–Kier alpha value is -1.51. The van der Waals surface area contributed by atoms with Crippen LogP contribution in [0.3, 0.4) is 0 Å². The number of benzene rings is 3. The highest BCUT2D eigenvalue weighted by molar-refractivity contribution is 9.10. The van der Waals surface area contributed by atoms with Crippen LogP contribution in [0.15, 0.2) is 57.4 Å². The second-order valence-electron chi connectivity index (χ2n) is 4.52. The Kier molecular flexibility index (Phi) is 2.38. The van der Waals surface area contributed by atoms with Crippen LogP contribution in [0.2, 0.25) is 5.02 Å². The fourth-order valence-electron chi connectivity index (χ4n) is 2.59. The number of hydrogen-bond donors (Lipinski definition) is 0. The van der Waals surface area contributed by atoms with Crippen molar-refractivity contribution in [2.75, 3.05) is 0 Å². The molecule has 3 heteroatoms. The molecule has 0 aliphatic rings. The zero-order chi connectivity index (χ0) is 13.0. The summed E-state index contributed by atoms with van der Waals surface area (Å²) in [5, 5.41) is 5.25. The molecular formula is C16H8BrClO. The molecule has 1 aromatic heterocycles. The zero-order valence-corrected chi connectivity index (χ0v) is 12.1. The zero-order valence-electron chi connectivity index (χ0n) is 9.78. The van der Waals surface area contributed by atoms with Gasteiger partial charge in [0.05, 0.1) is 0 Å². The Morgan fingerprint density at radius 1 is 0.895 bits per heavy atom. The molecule has 4 aromatic rings. The average Bonchev–Trinajstić information content (AvgIpc) is 2.76. The fourth-order valence-corrected chi connectivity index (χ4v) is 3.63. The van der Waals surface area contributed by atoms with E-state index in [0.29, 0.717) is 0 Å². The third-order valence-corrected chi connectivity index (χ3v) is 4.22. The van der Waals surface area contributed by atoms with Gasteiger partial charge in [0.25, 0.3) is 0 Å². The van der Waals surface area contributed by atoms with Crippen molar-refractivity contribution in [1.29, 1.82) is 0 Å². The Bertz CT molecular complexity index is 940. The summed E-state index contributed by atoms with van der Waals surface area (Å²) in [6.07, 6.45) is 0. The lowest BCUT2D eigenvalue weighted by Crippen LogP contribution is -1.77. The molecule has 4 rings (SSSR count). The summed E-state index contributed by atoms with van der Waals surface area (Å²) in [7, 11) is 0. The quantitative estimate of drug-likeness (QED) is 0.376. The van der Waals surface area contributed by atoms with E-state index in [1.807, 2.05) is 42.5 Å². The van der Waals surface area contributed by atoms with E-state index in [1.165, 1.54) is 0 Å². The van der Waals surface area contributed by atoms with Crippen molar-refractivity contribution in [3.63, 3.8) is 0 Å². The van der Waals surface area contributed by atoms with E-state index in [2.05, 4.69) is 22.0 Å². The monoisotopic (exact) mass is 330 g/mol. The predicted molar refractivity (Wildman–Crippen MR) is 83.9 cm³/mol. The van der Waals surface area contributed by atoms with Crippen LogP contribution in [-0.2, 0) is 0 Å². The first-order valence-electron chi connectivity index (χ1n) is 5.93. The van der Waals surface area contributed by atoms with E-state index in [4.69, 9.17) is 16.0 Å². The second-order valence-corrected chi connectivity index (χ2v) is 5.81. The van der Waals surface area contributed by atoms with Crippen molar-refractivity contribution in [1.82, 2.24) is 0 Å². The van der Waals surface area contributed by atoms with Gasteiger partial charge >= 0.3 is 0 Å². The van der Waals surface area contributed by atoms with E-state index >= 15 is 0 Å². The summed E-state index contributed by atoms with van der Waals surface area (Å²) in [6.45, 7) is 0. The van der Waals surface area contributed by atoms with Gasteiger partial charge in [-0.05, 0) is 29.7 Å². The normalized spacial score (nSPS) is 11.7. The van der Waals surface area contributed by atoms with Crippen LogP contribution in [0.1, 0.15) is 0 Å². The van der Waals surface area contributed by atoms with Crippen molar-refractivity contribution < 1.29 is 4.42 Å². The molecule has 0 fully saturated rings. The predicted octanol–water partition coefficient (Wildman–Crippen LogP) is 6.16. The largest absolute Gasteiger partial charge is 0.456 e. The molecule has 0 saturated carbocycles. The number of furan rings is 1. The van der Waals surface area contributed by atoms with Gasteiger partial charge in [0.2, 0.25) is 0 Å². The van der Waals surface area contributed by atoms with Crippen molar-refractivity contribution in [3.05, 3.63) is 58.0 Å².